The number of para-hydroxylation sites is 2. The van der Waals surface area contributed by atoms with E-state index in [0.717, 1.165) is 14.5 Å². The van der Waals surface area contributed by atoms with Crippen LogP contribution in [0.15, 0.2) is 57.6 Å². The number of anilines is 1. The maximum absolute atomic E-state index is 12.1. The summed E-state index contributed by atoms with van der Waals surface area (Å²) in [6, 6.07) is 10.8. The Morgan fingerprint density at radius 1 is 1.07 bits per heavy atom. The van der Waals surface area contributed by atoms with Crippen molar-refractivity contribution in [2.45, 2.75) is 13.3 Å². The number of benzene rings is 2. The Balaban J connectivity index is 1.77. The van der Waals surface area contributed by atoms with Gasteiger partial charge in [0.05, 0.1) is 28.2 Å². The average Bonchev–Trinajstić information content (AvgIpc) is 2.65. The molecule has 2 aromatic carbocycles. The number of ether oxygens (including phenoxy) is 2. The van der Waals surface area contributed by atoms with Crippen LogP contribution in [0.25, 0.3) is 0 Å². The first-order valence-corrected chi connectivity index (χ1v) is 10.1. The van der Waals surface area contributed by atoms with Crippen molar-refractivity contribution in [2.24, 2.45) is 0 Å². The van der Waals surface area contributed by atoms with E-state index in [1.165, 1.54) is 7.11 Å². The third-order valence-corrected chi connectivity index (χ3v) is 4.80. The first kappa shape index (κ1) is 22.8. The highest BCUT2D eigenvalue weighted by Gasteiger charge is 2.12. The molecule has 9 heteroatoms. The molecule has 0 fully saturated rings. The highest BCUT2D eigenvalue weighted by Crippen LogP contribution is 2.34. The molecule has 2 amide bonds. The fourth-order valence-electron chi connectivity index (χ4n) is 2.34. The number of hydrogen-bond acceptors (Lipinski definition) is 5. The van der Waals surface area contributed by atoms with E-state index in [2.05, 4.69) is 54.6 Å². The Bertz CT molecular complexity index is 895. The summed E-state index contributed by atoms with van der Waals surface area (Å²) in [6.45, 7) is 5.47. The number of hydrogen-bond donors (Lipinski definition) is 3. The molecule has 0 aliphatic carbocycles. The lowest BCUT2D eigenvalue weighted by atomic mass is 10.2. The Morgan fingerprint density at radius 2 is 1.72 bits per heavy atom. The van der Waals surface area contributed by atoms with Gasteiger partial charge in [0.2, 0.25) is 5.91 Å². The van der Waals surface area contributed by atoms with Crippen LogP contribution < -0.4 is 25.6 Å². The summed E-state index contributed by atoms with van der Waals surface area (Å²) in [5, 5.41) is 2.73. The minimum atomic E-state index is -0.421. The number of aryl methyl sites for hydroxylation is 1. The molecule has 0 radical (unpaired) electrons. The van der Waals surface area contributed by atoms with Gasteiger partial charge in [0, 0.05) is 5.70 Å². The van der Waals surface area contributed by atoms with E-state index in [1.54, 1.807) is 24.3 Å². The Morgan fingerprint density at radius 3 is 2.38 bits per heavy atom. The monoisotopic (exact) mass is 525 g/mol. The maximum Gasteiger partial charge on any atom is 0.276 e. The van der Waals surface area contributed by atoms with Crippen molar-refractivity contribution in [2.75, 3.05) is 19.0 Å². The Hall–Kier alpha value is -2.52. The molecule has 0 heterocycles. The van der Waals surface area contributed by atoms with Crippen molar-refractivity contribution in [1.29, 1.82) is 0 Å². The second kappa shape index (κ2) is 10.9. The third-order valence-electron chi connectivity index (χ3n) is 3.62. The Kier molecular flexibility index (Phi) is 8.53. The Labute approximate surface area is 186 Å². The molecule has 0 atom stereocenters. The van der Waals surface area contributed by atoms with Crippen LogP contribution >= 0.6 is 31.9 Å². The molecule has 0 aromatic heterocycles. The van der Waals surface area contributed by atoms with Crippen LogP contribution in [0.2, 0.25) is 0 Å². The molecule has 3 N–H and O–H groups in total. The minimum Gasteiger partial charge on any atom is -0.495 e. The zero-order valence-electron chi connectivity index (χ0n) is 16.0. The van der Waals surface area contributed by atoms with E-state index >= 15 is 0 Å². The summed E-state index contributed by atoms with van der Waals surface area (Å²) in [5.41, 5.74) is 6.98. The molecule has 2 aromatic rings. The highest BCUT2D eigenvalue weighted by atomic mass is 79.9. The second-order valence-corrected chi connectivity index (χ2v) is 7.76. The summed E-state index contributed by atoms with van der Waals surface area (Å²) >= 11 is 6.81. The van der Waals surface area contributed by atoms with Crippen molar-refractivity contribution in [3.63, 3.8) is 0 Å². The number of rotatable bonds is 9. The molecule has 0 unspecified atom stereocenters. The molecule has 154 valence electrons. The molecule has 0 aliphatic heterocycles. The zero-order valence-corrected chi connectivity index (χ0v) is 19.1. The van der Waals surface area contributed by atoms with Gasteiger partial charge in [-0.05, 0) is 68.6 Å². The predicted octanol–water partition coefficient (Wildman–Crippen LogP) is 4.07. The summed E-state index contributed by atoms with van der Waals surface area (Å²) in [6.07, 6.45) is -0.0335. The zero-order chi connectivity index (χ0) is 21.4. The molecule has 29 heavy (non-hydrogen) atoms. The number of halogens is 2. The average molecular weight is 527 g/mol. The van der Waals surface area contributed by atoms with Crippen molar-refractivity contribution in [3.05, 3.63) is 63.2 Å². The summed E-state index contributed by atoms with van der Waals surface area (Å²) in [7, 11) is 1.52. The van der Waals surface area contributed by atoms with E-state index in [0.29, 0.717) is 22.9 Å². The van der Waals surface area contributed by atoms with Crippen LogP contribution in [0, 0.1) is 6.92 Å². The topological polar surface area (TPSA) is 88.7 Å². The molecule has 7 nitrogen and oxygen atoms in total. The van der Waals surface area contributed by atoms with Gasteiger partial charge < -0.3 is 20.2 Å². The van der Waals surface area contributed by atoms with E-state index < -0.39 is 5.91 Å². The van der Waals surface area contributed by atoms with Crippen LogP contribution in [0.3, 0.4) is 0 Å². The molecule has 0 aliphatic rings. The summed E-state index contributed by atoms with van der Waals surface area (Å²) < 4.78 is 12.2. The first-order valence-electron chi connectivity index (χ1n) is 8.54. The minimum absolute atomic E-state index is 0.0335. The fraction of sp³-hybridized carbons (Fsp3) is 0.200. The predicted molar refractivity (Wildman–Crippen MR) is 119 cm³/mol. The van der Waals surface area contributed by atoms with Crippen LogP contribution in [-0.4, -0.2) is 25.5 Å². The lowest BCUT2D eigenvalue weighted by Crippen LogP contribution is -2.40. The van der Waals surface area contributed by atoms with Gasteiger partial charge in [0.25, 0.3) is 5.91 Å². The second-order valence-electron chi connectivity index (χ2n) is 6.05. The molecule has 0 bridgehead atoms. The number of nitrogens with one attached hydrogen (secondary N) is 3. The van der Waals surface area contributed by atoms with Gasteiger partial charge >= 0.3 is 0 Å². The van der Waals surface area contributed by atoms with Gasteiger partial charge in [-0.25, -0.2) is 0 Å². The number of carbonyl (C=O) groups excluding carboxylic acids is 2. The van der Waals surface area contributed by atoms with Crippen molar-refractivity contribution >= 4 is 49.4 Å². The third kappa shape index (κ3) is 7.10. The summed E-state index contributed by atoms with van der Waals surface area (Å²) in [4.78, 5) is 24.1. The smallest absolute Gasteiger partial charge is 0.276 e. The quantitative estimate of drug-likeness (QED) is 0.429. The van der Waals surface area contributed by atoms with E-state index in [-0.39, 0.29) is 18.9 Å². The van der Waals surface area contributed by atoms with Crippen LogP contribution in [0.4, 0.5) is 5.69 Å². The van der Waals surface area contributed by atoms with Crippen molar-refractivity contribution in [3.8, 4) is 11.5 Å². The first-order chi connectivity index (χ1) is 13.8. The largest absolute Gasteiger partial charge is 0.495 e. The fourth-order valence-corrected chi connectivity index (χ4v) is 3.98. The number of carbonyl (C=O) groups is 2. The van der Waals surface area contributed by atoms with E-state index in [1.807, 2.05) is 19.1 Å². The molecular formula is C20H21Br2N3O4. The van der Waals surface area contributed by atoms with Gasteiger partial charge in [-0.2, -0.15) is 0 Å². The van der Waals surface area contributed by atoms with Crippen molar-refractivity contribution < 1.29 is 19.1 Å². The van der Waals surface area contributed by atoms with Gasteiger partial charge in [0.15, 0.2) is 6.61 Å². The lowest BCUT2D eigenvalue weighted by molar-refractivity contribution is -0.124. The number of amides is 2. The molecule has 0 saturated heterocycles. The molecule has 0 spiro atoms. The van der Waals surface area contributed by atoms with E-state index in [4.69, 9.17) is 9.47 Å². The number of hydrazine groups is 1. The summed E-state index contributed by atoms with van der Waals surface area (Å²) in [5.74, 6) is 0.361. The van der Waals surface area contributed by atoms with Crippen molar-refractivity contribution in [1.82, 2.24) is 10.9 Å². The van der Waals surface area contributed by atoms with Gasteiger partial charge in [0.1, 0.15) is 11.5 Å². The highest BCUT2D eigenvalue weighted by molar-refractivity contribution is 9.11. The van der Waals surface area contributed by atoms with Crippen LogP contribution in [0.1, 0.15) is 12.0 Å². The lowest BCUT2D eigenvalue weighted by Gasteiger charge is -2.14. The van der Waals surface area contributed by atoms with Crippen LogP contribution in [-0.2, 0) is 9.59 Å². The van der Waals surface area contributed by atoms with Gasteiger partial charge in [-0.3, -0.25) is 15.0 Å². The normalized spacial score (nSPS) is 10.1. The standard InChI is InChI=1S/C20H21Br2N3O4/c1-12-8-14(21)20(15(22)9-12)29-11-19(27)25-24-13(2)10-18(26)23-16-6-4-5-7-17(16)28-3/h4-9,24H,2,10-11H2,1,3H3,(H,23,26)(H,25,27). The van der Waals surface area contributed by atoms with Gasteiger partial charge in [-0.15, -0.1) is 0 Å². The van der Waals surface area contributed by atoms with Crippen LogP contribution in [0.5, 0.6) is 11.5 Å². The van der Waals surface area contributed by atoms with E-state index in [9.17, 15) is 9.59 Å². The molecular weight excluding hydrogens is 506 g/mol. The molecule has 2 rings (SSSR count). The number of methoxy groups -OCH3 is 1. The maximum atomic E-state index is 12.1. The SMILES string of the molecule is C=C(CC(=O)Nc1ccccc1OC)NNC(=O)COc1c(Br)cc(C)cc1Br. The van der Waals surface area contributed by atoms with Gasteiger partial charge in [-0.1, -0.05) is 18.7 Å². The molecule has 0 saturated carbocycles.